The lowest BCUT2D eigenvalue weighted by atomic mass is 9.97. The van der Waals surface area contributed by atoms with Gasteiger partial charge in [0.05, 0.1) is 28.9 Å². The molecule has 104 valence electrons. The molecule has 0 atom stereocenters. The topological polar surface area (TPSA) is 68.5 Å². The third kappa shape index (κ3) is 3.37. The first-order valence-electron chi connectivity index (χ1n) is 6.44. The maximum atomic E-state index is 11.7. The highest BCUT2D eigenvalue weighted by molar-refractivity contribution is 9.10. The van der Waals surface area contributed by atoms with Crippen LogP contribution in [-0.4, -0.2) is 30.6 Å². The Hall–Kier alpha value is -1.30. The number of ether oxygens (including phenoxy) is 1. The van der Waals surface area contributed by atoms with Gasteiger partial charge in [-0.3, -0.25) is 4.79 Å². The molecule has 0 aromatic carbocycles. The van der Waals surface area contributed by atoms with E-state index >= 15 is 0 Å². The van der Waals surface area contributed by atoms with Gasteiger partial charge >= 0.3 is 5.97 Å². The van der Waals surface area contributed by atoms with Crippen LogP contribution in [0.15, 0.2) is 16.7 Å². The van der Waals surface area contributed by atoms with E-state index in [0.29, 0.717) is 12.3 Å². The molecule has 0 bridgehead atoms. The molecular formula is C13H18BrN3O2. The van der Waals surface area contributed by atoms with Crippen molar-refractivity contribution in [2.75, 3.05) is 30.3 Å². The third-order valence-corrected chi connectivity index (χ3v) is 3.84. The molecule has 0 aliphatic carbocycles. The standard InChI is InChI=1S/C13H18BrN3O2/c1-2-19-13(18)9-3-5-17(6-4-9)12-11(14)7-10(15)8-16-12/h7-9H,2-6,15H2,1H3. The normalized spacial score (nSPS) is 16.4. The summed E-state index contributed by atoms with van der Waals surface area (Å²) in [7, 11) is 0. The zero-order valence-corrected chi connectivity index (χ0v) is 12.5. The van der Waals surface area contributed by atoms with Crippen LogP contribution in [0.1, 0.15) is 19.8 Å². The minimum atomic E-state index is -0.0773. The molecule has 0 spiro atoms. The Morgan fingerprint density at radius 1 is 1.58 bits per heavy atom. The summed E-state index contributed by atoms with van der Waals surface area (Å²) in [6.07, 6.45) is 3.26. The van der Waals surface area contributed by atoms with Crippen LogP contribution in [0.3, 0.4) is 0 Å². The van der Waals surface area contributed by atoms with Gasteiger partial charge in [0.1, 0.15) is 5.82 Å². The van der Waals surface area contributed by atoms with E-state index in [9.17, 15) is 4.79 Å². The Labute approximate surface area is 121 Å². The molecule has 1 aromatic rings. The number of piperidine rings is 1. The fraction of sp³-hybridized carbons (Fsp3) is 0.538. The maximum Gasteiger partial charge on any atom is 0.309 e. The van der Waals surface area contributed by atoms with Crippen molar-refractivity contribution in [1.29, 1.82) is 0 Å². The lowest BCUT2D eigenvalue weighted by Crippen LogP contribution is -2.37. The largest absolute Gasteiger partial charge is 0.466 e. The number of nitrogens with zero attached hydrogens (tertiary/aromatic N) is 2. The van der Waals surface area contributed by atoms with Gasteiger partial charge in [-0.1, -0.05) is 0 Å². The number of esters is 1. The lowest BCUT2D eigenvalue weighted by Gasteiger charge is -2.32. The Balaban J connectivity index is 1.98. The van der Waals surface area contributed by atoms with Crippen molar-refractivity contribution < 1.29 is 9.53 Å². The number of nitrogen functional groups attached to an aromatic ring is 1. The van der Waals surface area contributed by atoms with E-state index in [1.165, 1.54) is 0 Å². The third-order valence-electron chi connectivity index (χ3n) is 3.26. The Kier molecular flexibility index (Phi) is 4.63. The first kappa shape index (κ1) is 14.1. The first-order valence-corrected chi connectivity index (χ1v) is 7.23. The summed E-state index contributed by atoms with van der Waals surface area (Å²) in [6, 6.07) is 1.85. The number of pyridine rings is 1. The predicted molar refractivity (Wildman–Crippen MR) is 77.9 cm³/mol. The summed E-state index contributed by atoms with van der Waals surface area (Å²) < 4.78 is 5.95. The van der Waals surface area contributed by atoms with E-state index in [-0.39, 0.29) is 11.9 Å². The van der Waals surface area contributed by atoms with E-state index in [0.717, 1.165) is 36.2 Å². The van der Waals surface area contributed by atoms with Gasteiger partial charge in [-0.15, -0.1) is 0 Å². The molecule has 1 fully saturated rings. The van der Waals surface area contributed by atoms with Crippen molar-refractivity contribution in [3.63, 3.8) is 0 Å². The first-order chi connectivity index (χ1) is 9.11. The van der Waals surface area contributed by atoms with Crippen molar-refractivity contribution in [2.45, 2.75) is 19.8 Å². The number of carbonyl (C=O) groups is 1. The minimum Gasteiger partial charge on any atom is -0.466 e. The van der Waals surface area contributed by atoms with Gasteiger partial charge in [-0.05, 0) is 41.8 Å². The molecule has 2 rings (SSSR count). The van der Waals surface area contributed by atoms with Crippen molar-refractivity contribution in [1.82, 2.24) is 4.98 Å². The second-order valence-electron chi connectivity index (χ2n) is 4.59. The monoisotopic (exact) mass is 327 g/mol. The molecule has 6 heteroatoms. The quantitative estimate of drug-likeness (QED) is 0.862. The van der Waals surface area contributed by atoms with Gasteiger partial charge in [0.2, 0.25) is 0 Å². The summed E-state index contributed by atoms with van der Waals surface area (Å²) in [5.74, 6) is 0.826. The predicted octanol–water partition coefficient (Wildman–Crippen LogP) is 2.21. The Morgan fingerprint density at radius 3 is 2.84 bits per heavy atom. The molecule has 5 nitrogen and oxygen atoms in total. The average molecular weight is 328 g/mol. The summed E-state index contributed by atoms with van der Waals surface area (Å²) in [5.41, 5.74) is 6.32. The SMILES string of the molecule is CCOC(=O)C1CCN(c2ncc(N)cc2Br)CC1. The van der Waals surface area contributed by atoms with Crippen LogP contribution < -0.4 is 10.6 Å². The number of carbonyl (C=O) groups excluding carboxylic acids is 1. The molecule has 2 heterocycles. The molecule has 0 saturated carbocycles. The zero-order chi connectivity index (χ0) is 13.8. The number of hydrogen-bond donors (Lipinski definition) is 1. The highest BCUT2D eigenvalue weighted by Crippen LogP contribution is 2.29. The maximum absolute atomic E-state index is 11.7. The van der Waals surface area contributed by atoms with E-state index in [4.69, 9.17) is 10.5 Å². The number of halogens is 1. The van der Waals surface area contributed by atoms with Crippen LogP contribution in [0.4, 0.5) is 11.5 Å². The van der Waals surface area contributed by atoms with Crippen LogP contribution in [0.5, 0.6) is 0 Å². The Morgan fingerprint density at radius 2 is 2.26 bits per heavy atom. The second-order valence-corrected chi connectivity index (χ2v) is 5.44. The van der Waals surface area contributed by atoms with Crippen LogP contribution in [0.2, 0.25) is 0 Å². The van der Waals surface area contributed by atoms with Crippen molar-refractivity contribution >= 4 is 33.4 Å². The van der Waals surface area contributed by atoms with Crippen LogP contribution in [0.25, 0.3) is 0 Å². The van der Waals surface area contributed by atoms with Crippen LogP contribution >= 0.6 is 15.9 Å². The summed E-state index contributed by atoms with van der Waals surface area (Å²) >= 11 is 3.48. The van der Waals surface area contributed by atoms with E-state index in [2.05, 4.69) is 25.8 Å². The number of aromatic nitrogens is 1. The fourth-order valence-corrected chi connectivity index (χ4v) is 2.88. The average Bonchev–Trinajstić information content (AvgIpc) is 2.39. The van der Waals surface area contributed by atoms with Crippen molar-refractivity contribution in [2.24, 2.45) is 5.92 Å². The molecule has 0 unspecified atom stereocenters. The molecule has 1 aliphatic heterocycles. The molecule has 0 radical (unpaired) electrons. The second kappa shape index (κ2) is 6.23. The van der Waals surface area contributed by atoms with E-state index in [1.807, 2.05) is 13.0 Å². The van der Waals surface area contributed by atoms with E-state index < -0.39 is 0 Å². The van der Waals surface area contributed by atoms with E-state index in [1.54, 1.807) is 6.20 Å². The van der Waals surface area contributed by atoms with Gasteiger partial charge in [-0.25, -0.2) is 4.98 Å². The molecule has 1 aromatic heterocycles. The highest BCUT2D eigenvalue weighted by Gasteiger charge is 2.27. The highest BCUT2D eigenvalue weighted by atomic mass is 79.9. The number of anilines is 2. The van der Waals surface area contributed by atoms with Gasteiger partial charge in [0.15, 0.2) is 0 Å². The van der Waals surface area contributed by atoms with Gasteiger partial charge < -0.3 is 15.4 Å². The van der Waals surface area contributed by atoms with Crippen LogP contribution in [0, 0.1) is 5.92 Å². The molecule has 2 N–H and O–H groups in total. The van der Waals surface area contributed by atoms with Crippen molar-refractivity contribution in [3.8, 4) is 0 Å². The summed E-state index contributed by atoms with van der Waals surface area (Å²) in [5, 5.41) is 0. The zero-order valence-electron chi connectivity index (χ0n) is 10.9. The summed E-state index contributed by atoms with van der Waals surface area (Å²) in [6.45, 7) is 3.89. The number of hydrogen-bond acceptors (Lipinski definition) is 5. The molecular weight excluding hydrogens is 310 g/mol. The molecule has 19 heavy (non-hydrogen) atoms. The Bertz CT molecular complexity index is 459. The minimum absolute atomic E-state index is 0.0174. The molecule has 1 saturated heterocycles. The van der Waals surface area contributed by atoms with Gasteiger partial charge in [0, 0.05) is 13.1 Å². The molecule has 1 aliphatic rings. The van der Waals surface area contributed by atoms with Crippen LogP contribution in [-0.2, 0) is 9.53 Å². The molecule has 0 amide bonds. The number of rotatable bonds is 3. The summed E-state index contributed by atoms with van der Waals surface area (Å²) in [4.78, 5) is 18.2. The fourth-order valence-electron chi connectivity index (χ4n) is 2.27. The lowest BCUT2D eigenvalue weighted by molar-refractivity contribution is -0.148. The number of nitrogens with two attached hydrogens (primary N) is 1. The van der Waals surface area contributed by atoms with Crippen molar-refractivity contribution in [3.05, 3.63) is 16.7 Å². The van der Waals surface area contributed by atoms with Gasteiger partial charge in [-0.2, -0.15) is 0 Å². The smallest absolute Gasteiger partial charge is 0.309 e. The van der Waals surface area contributed by atoms with Gasteiger partial charge in [0.25, 0.3) is 0 Å².